The second-order valence-electron chi connectivity index (χ2n) is 4.30. The molecule has 1 aliphatic rings. The Balaban J connectivity index is 2.27. The molecule has 1 aromatic carbocycles. The highest BCUT2D eigenvalue weighted by atomic mass is 35.5. The summed E-state index contributed by atoms with van der Waals surface area (Å²) in [5, 5.41) is 0.666. The van der Waals surface area contributed by atoms with Crippen LogP contribution in [-0.2, 0) is 4.79 Å². The number of halogens is 1. The lowest BCUT2D eigenvalue weighted by atomic mass is 10.1. The minimum atomic E-state index is 0.136. The summed E-state index contributed by atoms with van der Waals surface area (Å²) >= 11 is 5.98. The Morgan fingerprint density at radius 1 is 1.50 bits per heavy atom. The zero-order chi connectivity index (χ0) is 11.7. The van der Waals surface area contributed by atoms with E-state index in [1.807, 2.05) is 25.1 Å². The summed E-state index contributed by atoms with van der Waals surface area (Å²) in [5.41, 5.74) is 7.53. The number of benzene rings is 1. The molecule has 0 radical (unpaired) electrons. The molecule has 0 saturated carbocycles. The van der Waals surface area contributed by atoms with Gasteiger partial charge in [-0.25, -0.2) is 0 Å². The third-order valence-corrected chi connectivity index (χ3v) is 3.10. The Bertz CT molecular complexity index is 399. The summed E-state index contributed by atoms with van der Waals surface area (Å²) in [7, 11) is 0. The van der Waals surface area contributed by atoms with Crippen LogP contribution in [0.2, 0.25) is 5.02 Å². The highest BCUT2D eigenvalue weighted by Gasteiger charge is 2.29. The Labute approximate surface area is 100 Å². The number of rotatable bonds is 2. The van der Waals surface area contributed by atoms with Crippen molar-refractivity contribution in [2.75, 3.05) is 18.0 Å². The van der Waals surface area contributed by atoms with E-state index in [1.165, 1.54) is 0 Å². The summed E-state index contributed by atoms with van der Waals surface area (Å²) in [6.45, 7) is 3.23. The number of nitrogens with zero attached hydrogens (tertiary/aromatic N) is 1. The van der Waals surface area contributed by atoms with E-state index >= 15 is 0 Å². The maximum atomic E-state index is 11.8. The molecule has 0 aromatic heterocycles. The van der Waals surface area contributed by atoms with Gasteiger partial charge in [-0.1, -0.05) is 11.6 Å². The molecule has 0 spiro atoms. The van der Waals surface area contributed by atoms with Crippen LogP contribution < -0.4 is 10.6 Å². The van der Waals surface area contributed by atoms with Gasteiger partial charge in [-0.15, -0.1) is 0 Å². The molecule has 16 heavy (non-hydrogen) atoms. The van der Waals surface area contributed by atoms with Crippen LogP contribution in [0.4, 0.5) is 5.69 Å². The predicted molar refractivity (Wildman–Crippen MR) is 65.7 cm³/mol. The Hall–Kier alpha value is -1.06. The van der Waals surface area contributed by atoms with E-state index in [2.05, 4.69) is 0 Å². The molecule has 1 saturated heterocycles. The number of nitrogens with two attached hydrogens (primary N) is 1. The normalized spacial score (nSPS) is 20.6. The van der Waals surface area contributed by atoms with Gasteiger partial charge in [0.25, 0.3) is 0 Å². The molecule has 1 unspecified atom stereocenters. The van der Waals surface area contributed by atoms with Crippen molar-refractivity contribution >= 4 is 23.2 Å². The van der Waals surface area contributed by atoms with Crippen LogP contribution in [0.15, 0.2) is 18.2 Å². The highest BCUT2D eigenvalue weighted by molar-refractivity contribution is 6.31. The summed E-state index contributed by atoms with van der Waals surface area (Å²) in [6, 6.07) is 5.68. The number of hydrogen-bond acceptors (Lipinski definition) is 2. The van der Waals surface area contributed by atoms with Crippen molar-refractivity contribution in [2.45, 2.75) is 13.3 Å². The number of amides is 1. The van der Waals surface area contributed by atoms with E-state index in [1.54, 1.807) is 4.90 Å². The fraction of sp³-hybridized carbons (Fsp3) is 0.417. The zero-order valence-electron chi connectivity index (χ0n) is 9.24. The molecular weight excluding hydrogens is 224 g/mol. The topological polar surface area (TPSA) is 46.3 Å². The molecular formula is C12H15ClN2O. The second kappa shape index (κ2) is 4.44. The average molecular weight is 239 g/mol. The van der Waals surface area contributed by atoms with Crippen LogP contribution in [0, 0.1) is 12.8 Å². The molecule has 2 N–H and O–H groups in total. The Morgan fingerprint density at radius 3 is 2.81 bits per heavy atom. The summed E-state index contributed by atoms with van der Waals surface area (Å²) in [5.74, 6) is 0.406. The van der Waals surface area contributed by atoms with Gasteiger partial charge in [0, 0.05) is 23.7 Å². The van der Waals surface area contributed by atoms with Crippen LogP contribution >= 0.6 is 11.6 Å². The van der Waals surface area contributed by atoms with Crippen molar-refractivity contribution in [3.63, 3.8) is 0 Å². The predicted octanol–water partition coefficient (Wildman–Crippen LogP) is 1.96. The lowest BCUT2D eigenvalue weighted by molar-refractivity contribution is -0.117. The molecule has 86 valence electrons. The maximum absolute atomic E-state index is 11.8. The molecule has 1 amide bonds. The number of carbonyl (C=O) groups is 1. The lowest BCUT2D eigenvalue weighted by Crippen LogP contribution is -2.25. The Kier molecular flexibility index (Phi) is 3.17. The van der Waals surface area contributed by atoms with Crippen molar-refractivity contribution < 1.29 is 4.79 Å². The summed E-state index contributed by atoms with van der Waals surface area (Å²) in [4.78, 5) is 13.6. The first-order chi connectivity index (χ1) is 7.60. The molecule has 1 heterocycles. The van der Waals surface area contributed by atoms with E-state index < -0.39 is 0 Å². The number of aryl methyl sites for hydroxylation is 1. The van der Waals surface area contributed by atoms with E-state index in [0.29, 0.717) is 24.5 Å². The molecule has 1 aliphatic heterocycles. The molecule has 1 fully saturated rings. The summed E-state index contributed by atoms with van der Waals surface area (Å²) < 4.78 is 0. The number of hydrogen-bond donors (Lipinski definition) is 1. The van der Waals surface area contributed by atoms with Crippen molar-refractivity contribution in [3.05, 3.63) is 28.8 Å². The van der Waals surface area contributed by atoms with Gasteiger partial charge in [-0.3, -0.25) is 4.79 Å². The van der Waals surface area contributed by atoms with Crippen LogP contribution in [-0.4, -0.2) is 19.0 Å². The first-order valence-corrected chi connectivity index (χ1v) is 5.75. The van der Waals surface area contributed by atoms with Gasteiger partial charge in [-0.05, 0) is 43.1 Å². The fourth-order valence-corrected chi connectivity index (χ4v) is 2.35. The van der Waals surface area contributed by atoms with Gasteiger partial charge in [-0.2, -0.15) is 0 Å². The van der Waals surface area contributed by atoms with Crippen molar-refractivity contribution in [1.82, 2.24) is 0 Å². The third kappa shape index (κ3) is 2.20. The van der Waals surface area contributed by atoms with Gasteiger partial charge in [0.2, 0.25) is 5.91 Å². The van der Waals surface area contributed by atoms with E-state index in [9.17, 15) is 4.79 Å². The SMILES string of the molecule is Cc1cc(Cl)cc(N2CC(CN)CC2=O)c1. The van der Waals surface area contributed by atoms with Crippen molar-refractivity contribution in [3.8, 4) is 0 Å². The quantitative estimate of drug-likeness (QED) is 0.856. The van der Waals surface area contributed by atoms with Crippen LogP contribution in [0.3, 0.4) is 0 Å². The van der Waals surface area contributed by atoms with Gasteiger partial charge in [0.15, 0.2) is 0 Å². The van der Waals surface area contributed by atoms with Crippen molar-refractivity contribution in [2.24, 2.45) is 11.7 Å². The molecule has 1 aromatic rings. The van der Waals surface area contributed by atoms with Gasteiger partial charge in [0.1, 0.15) is 0 Å². The van der Waals surface area contributed by atoms with Crippen LogP contribution in [0.1, 0.15) is 12.0 Å². The van der Waals surface area contributed by atoms with E-state index in [0.717, 1.165) is 11.3 Å². The Morgan fingerprint density at radius 2 is 2.25 bits per heavy atom. The molecule has 1 atom stereocenters. The van der Waals surface area contributed by atoms with E-state index in [4.69, 9.17) is 17.3 Å². The summed E-state index contributed by atoms with van der Waals surface area (Å²) in [6.07, 6.45) is 0.544. The zero-order valence-corrected chi connectivity index (χ0v) is 10.00. The van der Waals surface area contributed by atoms with Gasteiger partial charge in [0.05, 0.1) is 0 Å². The molecule has 0 bridgehead atoms. The minimum absolute atomic E-state index is 0.136. The molecule has 2 rings (SSSR count). The first-order valence-electron chi connectivity index (χ1n) is 5.38. The number of anilines is 1. The van der Waals surface area contributed by atoms with Gasteiger partial charge >= 0.3 is 0 Å². The third-order valence-electron chi connectivity index (χ3n) is 2.88. The van der Waals surface area contributed by atoms with Gasteiger partial charge < -0.3 is 10.6 Å². The monoisotopic (exact) mass is 238 g/mol. The smallest absolute Gasteiger partial charge is 0.227 e. The van der Waals surface area contributed by atoms with E-state index in [-0.39, 0.29) is 11.8 Å². The second-order valence-corrected chi connectivity index (χ2v) is 4.73. The minimum Gasteiger partial charge on any atom is -0.330 e. The largest absolute Gasteiger partial charge is 0.330 e. The van der Waals surface area contributed by atoms with Crippen LogP contribution in [0.25, 0.3) is 0 Å². The number of carbonyl (C=O) groups excluding carboxylic acids is 1. The fourth-order valence-electron chi connectivity index (χ4n) is 2.06. The molecule has 3 nitrogen and oxygen atoms in total. The first kappa shape index (κ1) is 11.4. The lowest BCUT2D eigenvalue weighted by Gasteiger charge is -2.17. The standard InChI is InChI=1S/C12H15ClN2O/c1-8-2-10(13)5-11(3-8)15-7-9(6-14)4-12(15)16/h2-3,5,9H,4,6-7,14H2,1H3. The van der Waals surface area contributed by atoms with Crippen LogP contribution in [0.5, 0.6) is 0 Å². The maximum Gasteiger partial charge on any atom is 0.227 e. The molecule has 0 aliphatic carbocycles. The average Bonchev–Trinajstić information content (AvgIpc) is 2.58. The molecule has 4 heteroatoms. The highest BCUT2D eigenvalue weighted by Crippen LogP contribution is 2.27. The van der Waals surface area contributed by atoms with Crippen molar-refractivity contribution in [1.29, 1.82) is 0 Å².